The highest BCUT2D eigenvalue weighted by molar-refractivity contribution is 5.77. The van der Waals surface area contributed by atoms with E-state index in [-0.39, 0.29) is 0 Å². The lowest BCUT2D eigenvalue weighted by atomic mass is 10.0. The van der Waals surface area contributed by atoms with E-state index >= 15 is 0 Å². The summed E-state index contributed by atoms with van der Waals surface area (Å²) in [6.07, 6.45) is 1.81. The first-order valence-electron chi connectivity index (χ1n) is 7.19. The van der Waals surface area contributed by atoms with Crippen LogP contribution < -0.4 is 0 Å². The molecule has 0 fully saturated rings. The molecule has 0 unspecified atom stereocenters. The van der Waals surface area contributed by atoms with Crippen molar-refractivity contribution in [3.63, 3.8) is 0 Å². The van der Waals surface area contributed by atoms with Crippen molar-refractivity contribution in [3.8, 4) is 22.7 Å². The molecule has 0 spiro atoms. The number of nitrogens with zero attached hydrogens (tertiary/aromatic N) is 2. The quantitative estimate of drug-likeness (QED) is 0.528. The molecule has 0 aliphatic carbocycles. The number of aromatic nitrogens is 2. The third-order valence-corrected chi connectivity index (χ3v) is 3.71. The molecule has 3 heteroatoms. The Morgan fingerprint density at radius 2 is 1.77 bits per heavy atom. The third-order valence-electron chi connectivity index (χ3n) is 3.71. The average Bonchev–Trinajstić information content (AvgIpc) is 2.99. The van der Waals surface area contributed by atoms with Gasteiger partial charge in [0.2, 0.25) is 5.89 Å². The van der Waals surface area contributed by atoms with Crippen LogP contribution in [-0.4, -0.2) is 9.97 Å². The molecular formula is C19H14N2O. The van der Waals surface area contributed by atoms with E-state index in [1.165, 1.54) is 0 Å². The summed E-state index contributed by atoms with van der Waals surface area (Å²) in [5.41, 5.74) is 5.92. The van der Waals surface area contributed by atoms with Gasteiger partial charge in [-0.15, -0.1) is 0 Å². The molecule has 0 aliphatic heterocycles. The normalized spacial score (nSPS) is 11.0. The van der Waals surface area contributed by atoms with Gasteiger partial charge in [-0.05, 0) is 48.9 Å². The fourth-order valence-corrected chi connectivity index (χ4v) is 2.60. The zero-order chi connectivity index (χ0) is 14.9. The highest BCUT2D eigenvalue weighted by Crippen LogP contribution is 2.29. The minimum atomic E-state index is 0.650. The van der Waals surface area contributed by atoms with Gasteiger partial charge in [0.05, 0.1) is 5.69 Å². The lowest BCUT2D eigenvalue weighted by molar-refractivity contribution is 0.620. The maximum atomic E-state index is 5.83. The van der Waals surface area contributed by atoms with Gasteiger partial charge in [-0.25, -0.2) is 4.98 Å². The Balaban J connectivity index is 1.79. The van der Waals surface area contributed by atoms with Gasteiger partial charge in [0.15, 0.2) is 5.58 Å². The van der Waals surface area contributed by atoms with Gasteiger partial charge < -0.3 is 4.42 Å². The lowest BCUT2D eigenvalue weighted by Crippen LogP contribution is -1.87. The molecule has 106 valence electrons. The Hall–Kier alpha value is -2.94. The van der Waals surface area contributed by atoms with E-state index in [2.05, 4.69) is 29.0 Å². The molecule has 0 aliphatic rings. The standard InChI is InChI=1S/C19H14N2O/c1-13-12-14(9-10-15(13)16-6-4-5-11-20-16)19-21-17-7-2-3-8-18(17)22-19/h2-12H,1H3. The molecular weight excluding hydrogens is 272 g/mol. The van der Waals surface area contributed by atoms with Gasteiger partial charge in [0.1, 0.15) is 5.52 Å². The number of rotatable bonds is 2. The summed E-state index contributed by atoms with van der Waals surface area (Å²) in [5, 5.41) is 0. The number of aryl methyl sites for hydroxylation is 1. The SMILES string of the molecule is Cc1cc(-c2nc3ccccc3o2)ccc1-c1ccccn1. The van der Waals surface area contributed by atoms with Crippen LogP contribution in [0.1, 0.15) is 5.56 Å². The van der Waals surface area contributed by atoms with Crippen molar-refractivity contribution in [1.82, 2.24) is 9.97 Å². The Morgan fingerprint density at radius 3 is 2.55 bits per heavy atom. The first-order valence-corrected chi connectivity index (χ1v) is 7.19. The van der Waals surface area contributed by atoms with Gasteiger partial charge in [-0.2, -0.15) is 0 Å². The zero-order valence-electron chi connectivity index (χ0n) is 12.2. The molecule has 4 rings (SSSR count). The van der Waals surface area contributed by atoms with Crippen LogP contribution in [0.4, 0.5) is 0 Å². The van der Waals surface area contributed by atoms with Crippen LogP contribution in [0.5, 0.6) is 0 Å². The molecule has 0 atom stereocenters. The highest BCUT2D eigenvalue weighted by atomic mass is 16.3. The monoisotopic (exact) mass is 286 g/mol. The number of fused-ring (bicyclic) bond motifs is 1. The van der Waals surface area contributed by atoms with Crippen LogP contribution >= 0.6 is 0 Å². The third kappa shape index (κ3) is 2.17. The number of hydrogen-bond donors (Lipinski definition) is 0. The smallest absolute Gasteiger partial charge is 0.227 e. The molecule has 2 heterocycles. The van der Waals surface area contributed by atoms with Gasteiger partial charge in [0, 0.05) is 17.3 Å². The van der Waals surface area contributed by atoms with E-state index in [1.54, 1.807) is 0 Å². The largest absolute Gasteiger partial charge is 0.436 e. The lowest BCUT2D eigenvalue weighted by Gasteiger charge is -2.06. The first-order chi connectivity index (χ1) is 10.8. The maximum absolute atomic E-state index is 5.83. The predicted octanol–water partition coefficient (Wildman–Crippen LogP) is 4.87. The van der Waals surface area contributed by atoms with Crippen molar-refractivity contribution >= 4 is 11.1 Å². The minimum absolute atomic E-state index is 0.650. The first kappa shape index (κ1) is 12.8. The Bertz CT molecular complexity index is 909. The number of pyridine rings is 1. The molecule has 2 aromatic heterocycles. The second-order valence-corrected chi connectivity index (χ2v) is 5.23. The van der Waals surface area contributed by atoms with Gasteiger partial charge >= 0.3 is 0 Å². The van der Waals surface area contributed by atoms with Crippen LogP contribution in [0.2, 0.25) is 0 Å². The van der Waals surface area contributed by atoms with Gasteiger partial charge in [-0.1, -0.05) is 24.3 Å². The van der Waals surface area contributed by atoms with Gasteiger partial charge in [-0.3, -0.25) is 4.98 Å². The second-order valence-electron chi connectivity index (χ2n) is 5.23. The van der Waals surface area contributed by atoms with Crippen molar-refractivity contribution in [2.24, 2.45) is 0 Å². The fraction of sp³-hybridized carbons (Fsp3) is 0.0526. The summed E-state index contributed by atoms with van der Waals surface area (Å²) >= 11 is 0. The fourth-order valence-electron chi connectivity index (χ4n) is 2.60. The molecule has 0 saturated heterocycles. The van der Waals surface area contributed by atoms with E-state index in [1.807, 2.05) is 54.7 Å². The summed E-state index contributed by atoms with van der Waals surface area (Å²) in [6.45, 7) is 2.08. The molecule has 2 aromatic carbocycles. The number of para-hydroxylation sites is 2. The number of benzene rings is 2. The zero-order valence-corrected chi connectivity index (χ0v) is 12.2. The minimum Gasteiger partial charge on any atom is -0.436 e. The Kier molecular flexibility index (Phi) is 2.97. The average molecular weight is 286 g/mol. The topological polar surface area (TPSA) is 38.9 Å². The Morgan fingerprint density at radius 1 is 0.909 bits per heavy atom. The molecule has 0 amide bonds. The van der Waals surface area contributed by atoms with Crippen LogP contribution in [0.3, 0.4) is 0 Å². The summed E-state index contributed by atoms with van der Waals surface area (Å²) in [7, 11) is 0. The van der Waals surface area contributed by atoms with Crippen LogP contribution in [0, 0.1) is 6.92 Å². The molecule has 0 bridgehead atoms. The summed E-state index contributed by atoms with van der Waals surface area (Å²) in [5.74, 6) is 0.650. The van der Waals surface area contributed by atoms with Crippen LogP contribution in [0.25, 0.3) is 33.8 Å². The molecule has 3 nitrogen and oxygen atoms in total. The van der Waals surface area contributed by atoms with Crippen molar-refractivity contribution in [2.75, 3.05) is 0 Å². The number of oxazole rings is 1. The van der Waals surface area contributed by atoms with E-state index in [0.29, 0.717) is 5.89 Å². The van der Waals surface area contributed by atoms with Gasteiger partial charge in [0.25, 0.3) is 0 Å². The summed E-state index contributed by atoms with van der Waals surface area (Å²) in [6, 6.07) is 19.9. The van der Waals surface area contributed by atoms with Crippen LogP contribution in [0.15, 0.2) is 71.3 Å². The maximum Gasteiger partial charge on any atom is 0.227 e. The summed E-state index contributed by atoms with van der Waals surface area (Å²) < 4.78 is 5.83. The Labute approximate surface area is 128 Å². The van der Waals surface area contributed by atoms with Crippen molar-refractivity contribution in [2.45, 2.75) is 6.92 Å². The van der Waals surface area contributed by atoms with Crippen molar-refractivity contribution in [1.29, 1.82) is 0 Å². The van der Waals surface area contributed by atoms with Crippen molar-refractivity contribution in [3.05, 3.63) is 72.4 Å². The molecule has 4 aromatic rings. The molecule has 22 heavy (non-hydrogen) atoms. The van der Waals surface area contributed by atoms with E-state index in [0.717, 1.165) is 33.5 Å². The van der Waals surface area contributed by atoms with Crippen molar-refractivity contribution < 1.29 is 4.42 Å². The molecule has 0 radical (unpaired) electrons. The van der Waals surface area contributed by atoms with E-state index in [4.69, 9.17) is 4.42 Å². The molecule has 0 N–H and O–H groups in total. The summed E-state index contributed by atoms with van der Waals surface area (Å²) in [4.78, 5) is 8.95. The second kappa shape index (κ2) is 5.11. The number of hydrogen-bond acceptors (Lipinski definition) is 3. The van der Waals surface area contributed by atoms with Crippen LogP contribution in [-0.2, 0) is 0 Å². The van der Waals surface area contributed by atoms with E-state index < -0.39 is 0 Å². The molecule has 0 saturated carbocycles. The highest BCUT2D eigenvalue weighted by Gasteiger charge is 2.10. The predicted molar refractivity (Wildman–Crippen MR) is 87.4 cm³/mol. The van der Waals surface area contributed by atoms with E-state index in [9.17, 15) is 0 Å².